The largest absolute Gasteiger partial charge is 0.496 e. The van der Waals surface area contributed by atoms with Gasteiger partial charge in [-0.15, -0.1) is 0 Å². The van der Waals surface area contributed by atoms with Crippen LogP contribution in [0.2, 0.25) is 0 Å². The van der Waals surface area contributed by atoms with E-state index in [1.54, 1.807) is 25.8 Å². The third-order valence-electron chi connectivity index (χ3n) is 3.33. The van der Waals surface area contributed by atoms with E-state index in [2.05, 4.69) is 9.97 Å². The first-order valence-electron chi connectivity index (χ1n) is 6.18. The SMILES string of the molecule is COc1c(C)cnc(CC(O)c2cncn2C)c1C. The van der Waals surface area contributed by atoms with Gasteiger partial charge in [-0.2, -0.15) is 0 Å². The molecular formula is C14H19N3O2. The van der Waals surface area contributed by atoms with Crippen molar-refractivity contribution in [2.24, 2.45) is 7.05 Å². The molecule has 0 saturated carbocycles. The summed E-state index contributed by atoms with van der Waals surface area (Å²) in [6.45, 7) is 3.92. The summed E-state index contributed by atoms with van der Waals surface area (Å²) in [5, 5.41) is 10.3. The van der Waals surface area contributed by atoms with Gasteiger partial charge < -0.3 is 14.4 Å². The van der Waals surface area contributed by atoms with E-state index in [0.717, 1.165) is 28.3 Å². The molecule has 1 atom stereocenters. The Bertz CT molecular complexity index is 578. The van der Waals surface area contributed by atoms with Crippen LogP contribution in [0.3, 0.4) is 0 Å². The van der Waals surface area contributed by atoms with Gasteiger partial charge in [0.05, 0.1) is 25.3 Å². The van der Waals surface area contributed by atoms with Gasteiger partial charge in [-0.05, 0) is 13.8 Å². The van der Waals surface area contributed by atoms with Crippen LogP contribution < -0.4 is 4.74 Å². The Kier molecular flexibility index (Phi) is 3.85. The van der Waals surface area contributed by atoms with Gasteiger partial charge in [0, 0.05) is 36.5 Å². The van der Waals surface area contributed by atoms with E-state index in [0.29, 0.717) is 6.42 Å². The molecule has 2 aromatic heterocycles. The quantitative estimate of drug-likeness (QED) is 0.910. The molecule has 5 heteroatoms. The fraction of sp³-hybridized carbons (Fsp3) is 0.429. The van der Waals surface area contributed by atoms with Crippen molar-refractivity contribution in [1.82, 2.24) is 14.5 Å². The van der Waals surface area contributed by atoms with E-state index in [4.69, 9.17) is 4.74 Å². The molecule has 0 aliphatic carbocycles. The van der Waals surface area contributed by atoms with Gasteiger partial charge in [-0.3, -0.25) is 4.98 Å². The highest BCUT2D eigenvalue weighted by Gasteiger charge is 2.16. The summed E-state index contributed by atoms with van der Waals surface area (Å²) >= 11 is 0. The fourth-order valence-electron chi connectivity index (χ4n) is 2.25. The lowest BCUT2D eigenvalue weighted by Crippen LogP contribution is -2.09. The number of aliphatic hydroxyl groups excluding tert-OH is 1. The molecule has 0 radical (unpaired) electrons. The average molecular weight is 261 g/mol. The summed E-state index contributed by atoms with van der Waals surface area (Å²) in [7, 11) is 3.51. The van der Waals surface area contributed by atoms with E-state index in [1.165, 1.54) is 0 Å². The molecule has 0 aliphatic rings. The molecule has 5 nitrogen and oxygen atoms in total. The second kappa shape index (κ2) is 5.40. The topological polar surface area (TPSA) is 60.2 Å². The van der Waals surface area contributed by atoms with Gasteiger partial charge >= 0.3 is 0 Å². The number of pyridine rings is 1. The van der Waals surface area contributed by atoms with Gasteiger partial charge in [0.25, 0.3) is 0 Å². The lowest BCUT2D eigenvalue weighted by Gasteiger charge is -2.15. The van der Waals surface area contributed by atoms with Crippen molar-refractivity contribution in [2.75, 3.05) is 7.11 Å². The summed E-state index contributed by atoms with van der Waals surface area (Å²) in [6.07, 6.45) is 4.95. The van der Waals surface area contributed by atoms with Crippen LogP contribution in [0.15, 0.2) is 18.7 Å². The van der Waals surface area contributed by atoms with Crippen LogP contribution in [0.1, 0.15) is 28.6 Å². The molecule has 1 N–H and O–H groups in total. The molecule has 0 bridgehead atoms. The predicted octanol–water partition coefficient (Wildman–Crippen LogP) is 1.72. The van der Waals surface area contributed by atoms with Crippen molar-refractivity contribution in [1.29, 1.82) is 0 Å². The molecule has 0 aromatic carbocycles. The van der Waals surface area contributed by atoms with E-state index < -0.39 is 6.10 Å². The maximum atomic E-state index is 10.3. The Morgan fingerprint density at radius 3 is 2.68 bits per heavy atom. The normalized spacial score (nSPS) is 12.5. The first-order chi connectivity index (χ1) is 9.04. The maximum Gasteiger partial charge on any atom is 0.128 e. The Balaban J connectivity index is 2.27. The molecule has 0 spiro atoms. The Morgan fingerprint density at radius 2 is 2.11 bits per heavy atom. The molecular weight excluding hydrogens is 242 g/mol. The van der Waals surface area contributed by atoms with Gasteiger partial charge in [0.15, 0.2) is 0 Å². The van der Waals surface area contributed by atoms with Gasteiger partial charge in [-0.1, -0.05) is 0 Å². The number of methoxy groups -OCH3 is 1. The average Bonchev–Trinajstić information content (AvgIpc) is 2.80. The van der Waals surface area contributed by atoms with Crippen LogP contribution in [0, 0.1) is 13.8 Å². The smallest absolute Gasteiger partial charge is 0.128 e. The van der Waals surface area contributed by atoms with Crippen LogP contribution in [0.25, 0.3) is 0 Å². The maximum absolute atomic E-state index is 10.3. The van der Waals surface area contributed by atoms with E-state index >= 15 is 0 Å². The van der Waals surface area contributed by atoms with E-state index in [-0.39, 0.29) is 0 Å². The van der Waals surface area contributed by atoms with Crippen LogP contribution in [-0.2, 0) is 13.5 Å². The summed E-state index contributed by atoms with van der Waals surface area (Å²) in [5.74, 6) is 0.835. The molecule has 1 unspecified atom stereocenters. The zero-order valence-corrected chi connectivity index (χ0v) is 11.7. The molecule has 0 aliphatic heterocycles. The minimum atomic E-state index is -0.619. The number of imidazole rings is 1. The van der Waals surface area contributed by atoms with Crippen molar-refractivity contribution in [3.8, 4) is 5.75 Å². The highest BCUT2D eigenvalue weighted by atomic mass is 16.5. The van der Waals surface area contributed by atoms with Gasteiger partial charge in [0.1, 0.15) is 11.9 Å². The van der Waals surface area contributed by atoms with Crippen molar-refractivity contribution in [3.63, 3.8) is 0 Å². The second-order valence-electron chi connectivity index (χ2n) is 4.70. The van der Waals surface area contributed by atoms with Crippen LogP contribution in [-0.4, -0.2) is 26.8 Å². The third kappa shape index (κ3) is 2.61. The molecule has 19 heavy (non-hydrogen) atoms. The zero-order chi connectivity index (χ0) is 14.0. The summed E-state index contributed by atoms with van der Waals surface area (Å²) in [4.78, 5) is 8.41. The number of aliphatic hydroxyl groups is 1. The Hall–Kier alpha value is -1.88. The first kappa shape index (κ1) is 13.5. The van der Waals surface area contributed by atoms with Crippen LogP contribution >= 0.6 is 0 Å². The molecule has 2 rings (SSSR count). The van der Waals surface area contributed by atoms with Crippen molar-refractivity contribution < 1.29 is 9.84 Å². The number of rotatable bonds is 4. The number of nitrogens with zero attached hydrogens (tertiary/aromatic N) is 3. The van der Waals surface area contributed by atoms with Crippen molar-refractivity contribution in [2.45, 2.75) is 26.4 Å². The first-order valence-corrected chi connectivity index (χ1v) is 6.18. The molecule has 102 valence electrons. The third-order valence-corrected chi connectivity index (χ3v) is 3.33. The molecule has 2 heterocycles. The van der Waals surface area contributed by atoms with E-state index in [1.807, 2.05) is 25.5 Å². The summed E-state index contributed by atoms with van der Waals surface area (Å²) < 4.78 is 7.18. The lowest BCUT2D eigenvalue weighted by molar-refractivity contribution is 0.168. The molecule has 0 amide bonds. The summed E-state index contributed by atoms with van der Waals surface area (Å²) in [5.41, 5.74) is 3.60. The monoisotopic (exact) mass is 261 g/mol. The second-order valence-corrected chi connectivity index (χ2v) is 4.70. The number of aromatic nitrogens is 3. The Labute approximate surface area is 112 Å². The molecule has 0 fully saturated rings. The lowest BCUT2D eigenvalue weighted by atomic mass is 10.0. The number of aryl methyl sites for hydroxylation is 2. The zero-order valence-electron chi connectivity index (χ0n) is 11.7. The van der Waals surface area contributed by atoms with Crippen LogP contribution in [0.4, 0.5) is 0 Å². The Morgan fingerprint density at radius 1 is 1.37 bits per heavy atom. The minimum absolute atomic E-state index is 0.446. The number of hydrogen-bond donors (Lipinski definition) is 1. The fourth-order valence-corrected chi connectivity index (χ4v) is 2.25. The minimum Gasteiger partial charge on any atom is -0.496 e. The van der Waals surface area contributed by atoms with Crippen molar-refractivity contribution >= 4 is 0 Å². The number of ether oxygens (including phenoxy) is 1. The summed E-state index contributed by atoms with van der Waals surface area (Å²) in [6, 6.07) is 0. The standard InChI is InChI=1S/C14H19N3O2/c1-9-6-16-11(10(2)14(9)19-4)5-13(18)12-7-15-8-17(12)3/h6-8,13,18H,5H2,1-4H3. The van der Waals surface area contributed by atoms with Gasteiger partial charge in [-0.25, -0.2) is 4.98 Å². The highest BCUT2D eigenvalue weighted by molar-refractivity contribution is 5.41. The molecule has 0 saturated heterocycles. The molecule has 2 aromatic rings. The van der Waals surface area contributed by atoms with E-state index in [9.17, 15) is 5.11 Å². The van der Waals surface area contributed by atoms with Crippen LogP contribution in [0.5, 0.6) is 5.75 Å². The van der Waals surface area contributed by atoms with Gasteiger partial charge in [0.2, 0.25) is 0 Å². The van der Waals surface area contributed by atoms with Crippen molar-refractivity contribution in [3.05, 3.63) is 41.2 Å². The predicted molar refractivity (Wildman–Crippen MR) is 72.1 cm³/mol. The number of hydrogen-bond acceptors (Lipinski definition) is 4. The highest BCUT2D eigenvalue weighted by Crippen LogP contribution is 2.27.